The van der Waals surface area contributed by atoms with Crippen LogP contribution in [-0.2, 0) is 13.5 Å². The first kappa shape index (κ1) is 11.5. The molecule has 80 valence electrons. The fourth-order valence-electron chi connectivity index (χ4n) is 1.46. The fraction of sp³-hybridized carbons (Fsp3) is 0.800. The van der Waals surface area contributed by atoms with Crippen LogP contribution >= 0.6 is 11.6 Å². The van der Waals surface area contributed by atoms with Gasteiger partial charge in [0.05, 0.1) is 0 Å². The van der Waals surface area contributed by atoms with E-state index in [1.165, 1.54) is 0 Å². The van der Waals surface area contributed by atoms with E-state index < -0.39 is 0 Å². The molecule has 0 bridgehead atoms. The molecular weight excluding hydrogens is 198 g/mol. The number of hydrogen-bond donors (Lipinski definition) is 0. The predicted molar refractivity (Wildman–Crippen MR) is 58.4 cm³/mol. The molecule has 1 atom stereocenters. The smallest absolute Gasteiger partial charge is 0.138 e. The average Bonchev–Trinajstić information content (AvgIpc) is 2.46. The van der Waals surface area contributed by atoms with Crippen molar-refractivity contribution in [3.8, 4) is 0 Å². The van der Waals surface area contributed by atoms with Gasteiger partial charge in [0, 0.05) is 18.8 Å². The lowest BCUT2D eigenvalue weighted by Crippen LogP contribution is -2.07. The SMILES string of the molecule is CC(C)CC(Cl)CCc1ncnn1C. The number of aryl methyl sites for hydroxylation is 2. The van der Waals surface area contributed by atoms with E-state index in [4.69, 9.17) is 11.6 Å². The molecule has 1 aromatic heterocycles. The number of aromatic nitrogens is 3. The molecule has 0 saturated heterocycles. The van der Waals surface area contributed by atoms with Crippen molar-refractivity contribution in [1.82, 2.24) is 14.8 Å². The second-order valence-electron chi connectivity index (χ2n) is 4.07. The molecule has 14 heavy (non-hydrogen) atoms. The topological polar surface area (TPSA) is 30.7 Å². The highest BCUT2D eigenvalue weighted by Crippen LogP contribution is 2.15. The maximum atomic E-state index is 6.19. The molecule has 0 radical (unpaired) electrons. The van der Waals surface area contributed by atoms with Crippen LogP contribution in [0, 0.1) is 5.92 Å². The van der Waals surface area contributed by atoms with Crippen molar-refractivity contribution in [2.75, 3.05) is 0 Å². The third kappa shape index (κ3) is 3.66. The van der Waals surface area contributed by atoms with Crippen molar-refractivity contribution in [2.45, 2.75) is 38.5 Å². The van der Waals surface area contributed by atoms with Gasteiger partial charge >= 0.3 is 0 Å². The van der Waals surface area contributed by atoms with Gasteiger partial charge in [0.25, 0.3) is 0 Å². The van der Waals surface area contributed by atoms with E-state index in [0.717, 1.165) is 25.1 Å². The summed E-state index contributed by atoms with van der Waals surface area (Å²) in [5.41, 5.74) is 0. The Kier molecular flexibility index (Phi) is 4.39. The van der Waals surface area contributed by atoms with Gasteiger partial charge in [-0.05, 0) is 18.8 Å². The molecular formula is C10H18ClN3. The molecule has 0 aromatic carbocycles. The van der Waals surface area contributed by atoms with Gasteiger partial charge in [-0.25, -0.2) is 4.98 Å². The quantitative estimate of drug-likeness (QED) is 0.707. The summed E-state index contributed by atoms with van der Waals surface area (Å²) in [5, 5.41) is 4.27. The van der Waals surface area contributed by atoms with Crippen LogP contribution in [0.3, 0.4) is 0 Å². The molecule has 0 aliphatic rings. The Hall–Kier alpha value is -0.570. The first-order valence-electron chi connectivity index (χ1n) is 5.06. The summed E-state index contributed by atoms with van der Waals surface area (Å²) in [5.74, 6) is 1.68. The lowest BCUT2D eigenvalue weighted by Gasteiger charge is -2.10. The summed E-state index contributed by atoms with van der Waals surface area (Å²) in [4.78, 5) is 4.16. The van der Waals surface area contributed by atoms with Crippen LogP contribution in [-0.4, -0.2) is 20.1 Å². The highest BCUT2D eigenvalue weighted by atomic mass is 35.5. The molecule has 3 nitrogen and oxygen atoms in total. The van der Waals surface area contributed by atoms with Crippen LogP contribution in [0.15, 0.2) is 6.33 Å². The number of halogens is 1. The van der Waals surface area contributed by atoms with E-state index >= 15 is 0 Å². The molecule has 0 amide bonds. The molecule has 0 N–H and O–H groups in total. The lowest BCUT2D eigenvalue weighted by atomic mass is 10.0. The number of hydrogen-bond acceptors (Lipinski definition) is 2. The third-order valence-electron chi connectivity index (χ3n) is 2.21. The van der Waals surface area contributed by atoms with Crippen LogP contribution in [0.2, 0.25) is 0 Å². The van der Waals surface area contributed by atoms with Crippen LogP contribution in [0.25, 0.3) is 0 Å². The largest absolute Gasteiger partial charge is 0.253 e. The van der Waals surface area contributed by atoms with Crippen LogP contribution in [0.1, 0.15) is 32.5 Å². The standard InChI is InChI=1S/C10H18ClN3/c1-8(2)6-9(11)4-5-10-12-7-13-14(10)3/h7-9H,4-6H2,1-3H3. The van der Waals surface area contributed by atoms with Crippen LogP contribution < -0.4 is 0 Å². The van der Waals surface area contributed by atoms with Gasteiger partial charge in [0.2, 0.25) is 0 Å². The zero-order valence-corrected chi connectivity index (χ0v) is 9.83. The summed E-state index contributed by atoms with van der Waals surface area (Å²) in [6.45, 7) is 4.38. The van der Waals surface area contributed by atoms with Crippen molar-refractivity contribution >= 4 is 11.6 Å². The summed E-state index contributed by atoms with van der Waals surface area (Å²) in [6, 6.07) is 0. The zero-order chi connectivity index (χ0) is 10.6. The van der Waals surface area contributed by atoms with E-state index in [1.54, 1.807) is 11.0 Å². The van der Waals surface area contributed by atoms with Gasteiger partial charge in [-0.2, -0.15) is 5.10 Å². The van der Waals surface area contributed by atoms with Gasteiger partial charge in [-0.1, -0.05) is 13.8 Å². The van der Waals surface area contributed by atoms with Crippen LogP contribution in [0.5, 0.6) is 0 Å². The molecule has 0 spiro atoms. The van der Waals surface area contributed by atoms with Gasteiger partial charge < -0.3 is 0 Å². The first-order chi connectivity index (χ1) is 6.59. The maximum Gasteiger partial charge on any atom is 0.138 e. The van der Waals surface area contributed by atoms with Crippen LogP contribution in [0.4, 0.5) is 0 Å². The number of nitrogens with zero attached hydrogens (tertiary/aromatic N) is 3. The lowest BCUT2D eigenvalue weighted by molar-refractivity contribution is 0.535. The van der Waals surface area contributed by atoms with Gasteiger partial charge in [-0.3, -0.25) is 4.68 Å². The highest BCUT2D eigenvalue weighted by molar-refractivity contribution is 6.20. The Labute approximate surface area is 90.5 Å². The average molecular weight is 216 g/mol. The molecule has 4 heteroatoms. The van der Waals surface area contributed by atoms with E-state index in [9.17, 15) is 0 Å². The summed E-state index contributed by atoms with van der Waals surface area (Å²) in [7, 11) is 1.91. The minimum atomic E-state index is 0.256. The summed E-state index contributed by atoms with van der Waals surface area (Å²) >= 11 is 6.19. The second-order valence-corrected chi connectivity index (χ2v) is 4.68. The molecule has 1 unspecified atom stereocenters. The molecule has 0 aliphatic heterocycles. The fourth-order valence-corrected chi connectivity index (χ4v) is 1.93. The monoisotopic (exact) mass is 215 g/mol. The van der Waals surface area contributed by atoms with Gasteiger partial charge in [0.1, 0.15) is 12.2 Å². The molecule has 0 saturated carbocycles. The van der Waals surface area contributed by atoms with E-state index in [-0.39, 0.29) is 5.38 Å². The molecule has 1 heterocycles. The Morgan fingerprint density at radius 2 is 2.21 bits per heavy atom. The minimum Gasteiger partial charge on any atom is -0.253 e. The van der Waals surface area contributed by atoms with Gasteiger partial charge in [0.15, 0.2) is 0 Å². The van der Waals surface area contributed by atoms with E-state index in [1.807, 2.05) is 7.05 Å². The normalized spacial score (nSPS) is 13.5. The minimum absolute atomic E-state index is 0.256. The van der Waals surface area contributed by atoms with Crippen molar-refractivity contribution in [1.29, 1.82) is 0 Å². The van der Waals surface area contributed by atoms with Crippen molar-refractivity contribution in [3.05, 3.63) is 12.2 Å². The second kappa shape index (κ2) is 5.35. The Bertz CT molecular complexity index is 270. The number of rotatable bonds is 5. The highest BCUT2D eigenvalue weighted by Gasteiger charge is 2.09. The molecule has 1 rings (SSSR count). The molecule has 0 aliphatic carbocycles. The van der Waals surface area contributed by atoms with E-state index in [2.05, 4.69) is 23.9 Å². The van der Waals surface area contributed by atoms with E-state index in [0.29, 0.717) is 5.92 Å². The first-order valence-corrected chi connectivity index (χ1v) is 5.50. The molecule has 1 aromatic rings. The summed E-state index contributed by atoms with van der Waals surface area (Å²) < 4.78 is 1.80. The maximum absolute atomic E-state index is 6.19. The van der Waals surface area contributed by atoms with Crippen molar-refractivity contribution in [3.63, 3.8) is 0 Å². The molecule has 0 fully saturated rings. The zero-order valence-electron chi connectivity index (χ0n) is 9.07. The third-order valence-corrected chi connectivity index (χ3v) is 2.61. The van der Waals surface area contributed by atoms with Crippen molar-refractivity contribution in [2.24, 2.45) is 13.0 Å². The Morgan fingerprint density at radius 3 is 2.71 bits per heavy atom. The predicted octanol–water partition coefficient (Wildman–Crippen LogP) is 2.40. The Balaban J connectivity index is 2.30. The van der Waals surface area contributed by atoms with Crippen molar-refractivity contribution < 1.29 is 0 Å². The van der Waals surface area contributed by atoms with Gasteiger partial charge in [-0.15, -0.1) is 11.6 Å². The summed E-state index contributed by atoms with van der Waals surface area (Å²) in [6.07, 6.45) is 4.55. The Morgan fingerprint density at radius 1 is 1.50 bits per heavy atom. The number of alkyl halides is 1.